The molecule has 11 heavy (non-hydrogen) atoms. The lowest BCUT2D eigenvalue weighted by molar-refractivity contribution is 0.102. The summed E-state index contributed by atoms with van der Waals surface area (Å²) in [6, 6.07) is 0. The molecule has 0 aromatic rings. The Morgan fingerprint density at radius 2 is 1.55 bits per heavy atom. The van der Waals surface area contributed by atoms with Crippen LogP contribution in [0.15, 0.2) is 24.3 Å². The molecular formula is C10H16O. The van der Waals surface area contributed by atoms with E-state index in [1.54, 1.807) is 0 Å². The van der Waals surface area contributed by atoms with E-state index in [9.17, 15) is 5.11 Å². The van der Waals surface area contributed by atoms with Gasteiger partial charge in [-0.05, 0) is 6.42 Å². The van der Waals surface area contributed by atoms with Crippen LogP contribution in [0.2, 0.25) is 0 Å². The van der Waals surface area contributed by atoms with Gasteiger partial charge in [-0.1, -0.05) is 38.2 Å². The molecule has 0 saturated carbocycles. The maximum atomic E-state index is 9.65. The Bertz CT molecular complexity index is 152. The molecule has 0 spiro atoms. The van der Waals surface area contributed by atoms with E-state index >= 15 is 0 Å². The molecule has 0 aliphatic heterocycles. The average Bonchev–Trinajstić information content (AvgIpc) is 2.00. The topological polar surface area (TPSA) is 20.2 Å². The molecule has 1 aliphatic rings. The van der Waals surface area contributed by atoms with Gasteiger partial charge in [0.15, 0.2) is 0 Å². The van der Waals surface area contributed by atoms with Gasteiger partial charge in [0.1, 0.15) is 0 Å². The van der Waals surface area contributed by atoms with Crippen molar-refractivity contribution in [2.45, 2.75) is 26.4 Å². The molecule has 1 nitrogen and oxygen atoms in total. The van der Waals surface area contributed by atoms with Crippen molar-refractivity contribution in [3.63, 3.8) is 0 Å². The maximum absolute atomic E-state index is 9.65. The number of rotatable bonds is 0. The van der Waals surface area contributed by atoms with Gasteiger partial charge in [-0.3, -0.25) is 0 Å². The summed E-state index contributed by atoms with van der Waals surface area (Å²) in [5, 5.41) is 9.65. The highest BCUT2D eigenvalue weighted by molar-refractivity contribution is 5.03. The van der Waals surface area contributed by atoms with Crippen molar-refractivity contribution in [2.24, 2.45) is 11.8 Å². The third-order valence-corrected chi connectivity index (χ3v) is 2.23. The van der Waals surface area contributed by atoms with Gasteiger partial charge in [-0.15, -0.1) is 0 Å². The summed E-state index contributed by atoms with van der Waals surface area (Å²) in [5.74, 6) is 0.574. The first-order valence-electron chi connectivity index (χ1n) is 4.23. The minimum atomic E-state index is -0.220. The minimum absolute atomic E-state index is 0.220. The molecule has 0 aromatic carbocycles. The van der Waals surface area contributed by atoms with Crippen LogP contribution in [0.25, 0.3) is 0 Å². The number of hydrogen-bond donors (Lipinski definition) is 1. The van der Waals surface area contributed by atoms with E-state index in [2.05, 4.69) is 38.2 Å². The summed E-state index contributed by atoms with van der Waals surface area (Å²) in [5.41, 5.74) is 0. The van der Waals surface area contributed by atoms with Gasteiger partial charge in [-0.25, -0.2) is 0 Å². The third kappa shape index (κ3) is 2.19. The fourth-order valence-corrected chi connectivity index (χ4v) is 1.37. The number of allylic oxidation sites excluding steroid dienone is 2. The second kappa shape index (κ2) is 3.72. The molecule has 2 unspecified atom stereocenters. The van der Waals surface area contributed by atoms with Gasteiger partial charge in [0.2, 0.25) is 0 Å². The first kappa shape index (κ1) is 8.54. The zero-order chi connectivity index (χ0) is 8.27. The van der Waals surface area contributed by atoms with E-state index in [1.165, 1.54) is 0 Å². The molecule has 0 bridgehead atoms. The van der Waals surface area contributed by atoms with Crippen LogP contribution in [0.3, 0.4) is 0 Å². The van der Waals surface area contributed by atoms with Crippen LogP contribution in [0.5, 0.6) is 0 Å². The van der Waals surface area contributed by atoms with E-state index in [1.807, 2.05) is 0 Å². The van der Waals surface area contributed by atoms with Crippen molar-refractivity contribution in [2.75, 3.05) is 0 Å². The normalized spacial score (nSPS) is 38.3. The SMILES string of the molecule is CC1C=CCC=CC(C)C1O. The summed E-state index contributed by atoms with van der Waals surface area (Å²) in [4.78, 5) is 0. The van der Waals surface area contributed by atoms with Gasteiger partial charge in [0.05, 0.1) is 6.10 Å². The predicted molar refractivity (Wildman–Crippen MR) is 47.2 cm³/mol. The van der Waals surface area contributed by atoms with Crippen molar-refractivity contribution in [3.05, 3.63) is 24.3 Å². The third-order valence-electron chi connectivity index (χ3n) is 2.23. The van der Waals surface area contributed by atoms with Crippen LogP contribution in [0.4, 0.5) is 0 Å². The monoisotopic (exact) mass is 152 g/mol. The van der Waals surface area contributed by atoms with Crippen molar-refractivity contribution in [3.8, 4) is 0 Å². The molecule has 2 atom stereocenters. The van der Waals surface area contributed by atoms with Gasteiger partial charge in [0.25, 0.3) is 0 Å². The fourth-order valence-electron chi connectivity index (χ4n) is 1.37. The second-order valence-corrected chi connectivity index (χ2v) is 3.30. The van der Waals surface area contributed by atoms with Crippen LogP contribution >= 0.6 is 0 Å². The Morgan fingerprint density at radius 3 is 2.00 bits per heavy atom. The summed E-state index contributed by atoms with van der Waals surface area (Å²) in [7, 11) is 0. The lowest BCUT2D eigenvalue weighted by Gasteiger charge is -2.21. The summed E-state index contributed by atoms with van der Waals surface area (Å²) >= 11 is 0. The van der Waals surface area contributed by atoms with E-state index in [0.29, 0.717) is 0 Å². The zero-order valence-corrected chi connectivity index (χ0v) is 7.20. The highest BCUT2D eigenvalue weighted by atomic mass is 16.3. The molecule has 1 N–H and O–H groups in total. The molecule has 0 heterocycles. The summed E-state index contributed by atoms with van der Waals surface area (Å²) < 4.78 is 0. The highest BCUT2D eigenvalue weighted by Gasteiger charge is 2.17. The average molecular weight is 152 g/mol. The molecule has 0 saturated heterocycles. The molecule has 1 aliphatic carbocycles. The molecule has 0 amide bonds. The molecule has 1 heteroatoms. The highest BCUT2D eigenvalue weighted by Crippen LogP contribution is 2.17. The summed E-state index contributed by atoms with van der Waals surface area (Å²) in [6.07, 6.45) is 9.17. The molecule has 0 aromatic heterocycles. The lowest BCUT2D eigenvalue weighted by atomic mass is 9.91. The minimum Gasteiger partial charge on any atom is -0.392 e. The van der Waals surface area contributed by atoms with E-state index in [4.69, 9.17) is 0 Å². The van der Waals surface area contributed by atoms with Gasteiger partial charge < -0.3 is 5.11 Å². The van der Waals surface area contributed by atoms with Crippen LogP contribution in [0.1, 0.15) is 20.3 Å². The number of hydrogen-bond acceptors (Lipinski definition) is 1. The van der Waals surface area contributed by atoms with E-state index in [0.717, 1.165) is 6.42 Å². The van der Waals surface area contributed by atoms with Gasteiger partial charge >= 0.3 is 0 Å². The van der Waals surface area contributed by atoms with E-state index in [-0.39, 0.29) is 17.9 Å². The second-order valence-electron chi connectivity index (χ2n) is 3.30. The Balaban J connectivity index is 2.67. The molecule has 0 radical (unpaired) electrons. The van der Waals surface area contributed by atoms with Crippen molar-refractivity contribution < 1.29 is 5.11 Å². The van der Waals surface area contributed by atoms with Crippen molar-refractivity contribution in [1.29, 1.82) is 0 Å². The first-order chi connectivity index (χ1) is 5.22. The van der Waals surface area contributed by atoms with Crippen LogP contribution < -0.4 is 0 Å². The largest absolute Gasteiger partial charge is 0.392 e. The van der Waals surface area contributed by atoms with Crippen molar-refractivity contribution in [1.82, 2.24) is 0 Å². The molecular weight excluding hydrogens is 136 g/mol. The fraction of sp³-hybridized carbons (Fsp3) is 0.600. The van der Waals surface area contributed by atoms with Gasteiger partial charge in [-0.2, -0.15) is 0 Å². The Morgan fingerprint density at radius 1 is 1.09 bits per heavy atom. The molecule has 0 fully saturated rings. The maximum Gasteiger partial charge on any atom is 0.0659 e. The number of aliphatic hydroxyl groups excluding tert-OH is 1. The van der Waals surface area contributed by atoms with Crippen LogP contribution in [-0.2, 0) is 0 Å². The summed E-state index contributed by atoms with van der Waals surface area (Å²) in [6.45, 7) is 4.10. The first-order valence-corrected chi connectivity index (χ1v) is 4.23. The standard InChI is InChI=1S/C10H16O/c1-8-6-4-3-5-7-9(2)10(8)11/h4-11H,3H2,1-2H3. The number of aliphatic hydroxyl groups is 1. The molecule has 62 valence electrons. The predicted octanol–water partition coefficient (Wildman–Crippen LogP) is 2.14. The van der Waals surface area contributed by atoms with Crippen LogP contribution in [0, 0.1) is 11.8 Å². The van der Waals surface area contributed by atoms with Gasteiger partial charge in [0, 0.05) is 11.8 Å². The zero-order valence-electron chi connectivity index (χ0n) is 7.20. The quantitative estimate of drug-likeness (QED) is 0.527. The van der Waals surface area contributed by atoms with Crippen molar-refractivity contribution >= 4 is 0 Å². The van der Waals surface area contributed by atoms with Crippen LogP contribution in [-0.4, -0.2) is 11.2 Å². The Labute approximate surface area is 68.4 Å². The smallest absolute Gasteiger partial charge is 0.0659 e. The Hall–Kier alpha value is -0.560. The lowest BCUT2D eigenvalue weighted by Crippen LogP contribution is -2.23. The molecule has 1 rings (SSSR count). The van der Waals surface area contributed by atoms with E-state index < -0.39 is 0 Å². The Kier molecular flexibility index (Phi) is 2.89.